The summed E-state index contributed by atoms with van der Waals surface area (Å²) in [6, 6.07) is 12.1. The standard InChI is InChI=1S/C12H13N3O2S/c13-11-6-7-12(14-8-11)15-18(16,17)9-10-4-2-1-3-5-10/h1-8H,9,13H2,(H,14,15). The van der Waals surface area contributed by atoms with Crippen LogP contribution in [0.15, 0.2) is 48.7 Å². The first-order chi connectivity index (χ1) is 8.55. The molecular weight excluding hydrogens is 250 g/mol. The summed E-state index contributed by atoms with van der Waals surface area (Å²) < 4.78 is 26.1. The summed E-state index contributed by atoms with van der Waals surface area (Å²) in [4.78, 5) is 3.89. The Hall–Kier alpha value is -2.08. The van der Waals surface area contributed by atoms with E-state index in [9.17, 15) is 8.42 Å². The largest absolute Gasteiger partial charge is 0.397 e. The van der Waals surface area contributed by atoms with Crippen LogP contribution in [0.5, 0.6) is 0 Å². The van der Waals surface area contributed by atoms with Crippen LogP contribution in [0.4, 0.5) is 11.5 Å². The molecule has 0 aliphatic heterocycles. The van der Waals surface area contributed by atoms with E-state index in [1.165, 1.54) is 12.3 Å². The third-order valence-electron chi connectivity index (χ3n) is 2.25. The van der Waals surface area contributed by atoms with Crippen molar-refractivity contribution < 1.29 is 8.42 Å². The van der Waals surface area contributed by atoms with E-state index in [0.29, 0.717) is 5.69 Å². The van der Waals surface area contributed by atoms with Gasteiger partial charge in [0.1, 0.15) is 5.82 Å². The summed E-state index contributed by atoms with van der Waals surface area (Å²) in [5, 5.41) is 0. The minimum atomic E-state index is -3.45. The van der Waals surface area contributed by atoms with E-state index in [-0.39, 0.29) is 11.6 Å². The van der Waals surface area contributed by atoms with Gasteiger partial charge in [-0.05, 0) is 17.7 Å². The van der Waals surface area contributed by atoms with Gasteiger partial charge in [-0.2, -0.15) is 0 Å². The Bertz CT molecular complexity index is 610. The van der Waals surface area contributed by atoms with Gasteiger partial charge in [-0.25, -0.2) is 13.4 Å². The second-order valence-corrected chi connectivity index (χ2v) is 5.55. The average Bonchev–Trinajstić information content (AvgIpc) is 2.32. The highest BCUT2D eigenvalue weighted by Gasteiger charge is 2.11. The highest BCUT2D eigenvalue weighted by atomic mass is 32.2. The van der Waals surface area contributed by atoms with Crippen molar-refractivity contribution in [3.63, 3.8) is 0 Å². The fourth-order valence-corrected chi connectivity index (χ4v) is 2.60. The van der Waals surface area contributed by atoms with Crippen molar-refractivity contribution in [2.45, 2.75) is 5.75 Å². The Morgan fingerprint density at radius 1 is 1.11 bits per heavy atom. The number of hydrogen-bond donors (Lipinski definition) is 2. The van der Waals surface area contributed by atoms with Gasteiger partial charge in [0.2, 0.25) is 10.0 Å². The zero-order chi connectivity index (χ0) is 13.0. The van der Waals surface area contributed by atoms with Gasteiger partial charge in [0.25, 0.3) is 0 Å². The maximum absolute atomic E-state index is 11.9. The minimum Gasteiger partial charge on any atom is -0.397 e. The SMILES string of the molecule is Nc1ccc(NS(=O)(=O)Cc2ccccc2)nc1. The van der Waals surface area contributed by atoms with Crippen molar-refractivity contribution in [2.24, 2.45) is 0 Å². The lowest BCUT2D eigenvalue weighted by atomic mass is 10.2. The molecule has 0 bridgehead atoms. The smallest absolute Gasteiger partial charge is 0.238 e. The Kier molecular flexibility index (Phi) is 3.47. The van der Waals surface area contributed by atoms with Crippen LogP contribution >= 0.6 is 0 Å². The Morgan fingerprint density at radius 2 is 1.83 bits per heavy atom. The molecule has 1 aromatic carbocycles. The van der Waals surface area contributed by atoms with Gasteiger partial charge in [-0.15, -0.1) is 0 Å². The van der Waals surface area contributed by atoms with Crippen LogP contribution in [0.25, 0.3) is 0 Å². The second kappa shape index (κ2) is 5.05. The highest BCUT2D eigenvalue weighted by molar-refractivity contribution is 7.91. The van der Waals surface area contributed by atoms with E-state index in [0.717, 1.165) is 5.56 Å². The van der Waals surface area contributed by atoms with E-state index in [2.05, 4.69) is 9.71 Å². The molecule has 2 aromatic rings. The van der Waals surface area contributed by atoms with E-state index >= 15 is 0 Å². The third-order valence-corrected chi connectivity index (χ3v) is 3.48. The molecule has 94 valence electrons. The summed E-state index contributed by atoms with van der Waals surface area (Å²) in [5.74, 6) is 0.181. The van der Waals surface area contributed by atoms with Crippen molar-refractivity contribution in [3.8, 4) is 0 Å². The van der Waals surface area contributed by atoms with E-state index < -0.39 is 10.0 Å². The van der Waals surface area contributed by atoms with Crippen molar-refractivity contribution in [2.75, 3.05) is 10.5 Å². The van der Waals surface area contributed by atoms with Crippen LogP contribution in [0, 0.1) is 0 Å². The van der Waals surface area contributed by atoms with E-state index in [1.54, 1.807) is 30.3 Å². The maximum atomic E-state index is 11.9. The second-order valence-electron chi connectivity index (χ2n) is 3.82. The van der Waals surface area contributed by atoms with E-state index in [1.807, 2.05) is 6.07 Å². The zero-order valence-electron chi connectivity index (χ0n) is 9.58. The number of anilines is 2. The van der Waals surface area contributed by atoms with Crippen LogP contribution in [-0.2, 0) is 15.8 Å². The molecule has 0 unspecified atom stereocenters. The predicted octanol–water partition coefficient (Wildman–Crippen LogP) is 1.61. The Morgan fingerprint density at radius 3 is 2.44 bits per heavy atom. The lowest BCUT2D eigenvalue weighted by Crippen LogP contribution is -2.15. The molecule has 1 heterocycles. The normalized spacial score (nSPS) is 11.1. The fraction of sp³-hybridized carbons (Fsp3) is 0.0833. The van der Waals surface area contributed by atoms with E-state index in [4.69, 9.17) is 5.73 Å². The summed E-state index contributed by atoms with van der Waals surface area (Å²) in [5.41, 5.74) is 6.68. The molecule has 0 saturated carbocycles. The highest BCUT2D eigenvalue weighted by Crippen LogP contribution is 2.11. The van der Waals surface area contributed by atoms with Gasteiger partial charge in [0.05, 0.1) is 17.6 Å². The molecule has 18 heavy (non-hydrogen) atoms. The van der Waals surface area contributed by atoms with Crippen LogP contribution < -0.4 is 10.5 Å². The molecule has 6 heteroatoms. The van der Waals surface area contributed by atoms with Crippen LogP contribution in [0.2, 0.25) is 0 Å². The summed E-state index contributed by atoms with van der Waals surface area (Å²) in [6.07, 6.45) is 1.40. The molecule has 0 amide bonds. The molecule has 5 nitrogen and oxygen atoms in total. The summed E-state index contributed by atoms with van der Waals surface area (Å²) in [6.45, 7) is 0. The number of rotatable bonds is 4. The number of nitrogen functional groups attached to an aromatic ring is 1. The summed E-state index contributed by atoms with van der Waals surface area (Å²) >= 11 is 0. The van der Waals surface area contributed by atoms with Gasteiger partial charge in [-0.1, -0.05) is 30.3 Å². The van der Waals surface area contributed by atoms with Crippen LogP contribution in [0.3, 0.4) is 0 Å². The third kappa shape index (κ3) is 3.46. The first-order valence-corrected chi connectivity index (χ1v) is 6.96. The minimum absolute atomic E-state index is 0.0834. The van der Waals surface area contributed by atoms with Crippen molar-refractivity contribution in [3.05, 3.63) is 54.2 Å². The number of aromatic nitrogens is 1. The molecule has 0 aliphatic carbocycles. The van der Waals surface area contributed by atoms with Gasteiger partial charge in [-0.3, -0.25) is 4.72 Å². The number of sulfonamides is 1. The molecule has 0 spiro atoms. The van der Waals surface area contributed by atoms with Crippen molar-refractivity contribution in [1.29, 1.82) is 0 Å². The lowest BCUT2D eigenvalue weighted by molar-refractivity contribution is 0.600. The number of hydrogen-bond acceptors (Lipinski definition) is 4. The maximum Gasteiger partial charge on any atom is 0.238 e. The number of nitrogens with zero attached hydrogens (tertiary/aromatic N) is 1. The van der Waals surface area contributed by atoms with Crippen molar-refractivity contribution >= 4 is 21.5 Å². The van der Waals surface area contributed by atoms with Gasteiger partial charge in [0.15, 0.2) is 0 Å². The van der Waals surface area contributed by atoms with Gasteiger partial charge in [0, 0.05) is 0 Å². The molecule has 0 atom stereocenters. The Labute approximate surface area is 106 Å². The molecule has 0 aliphatic rings. The summed E-state index contributed by atoms with van der Waals surface area (Å²) in [7, 11) is -3.45. The molecule has 2 rings (SSSR count). The number of nitrogens with one attached hydrogen (secondary N) is 1. The molecule has 0 radical (unpaired) electrons. The van der Waals surface area contributed by atoms with Crippen LogP contribution in [-0.4, -0.2) is 13.4 Å². The first kappa shape index (κ1) is 12.4. The topological polar surface area (TPSA) is 85.1 Å². The average molecular weight is 263 g/mol. The molecule has 0 fully saturated rings. The number of pyridine rings is 1. The zero-order valence-corrected chi connectivity index (χ0v) is 10.4. The van der Waals surface area contributed by atoms with Gasteiger partial charge < -0.3 is 5.73 Å². The number of benzene rings is 1. The Balaban J connectivity index is 2.10. The van der Waals surface area contributed by atoms with Crippen LogP contribution in [0.1, 0.15) is 5.56 Å². The molecule has 3 N–H and O–H groups in total. The molecule has 0 saturated heterocycles. The fourth-order valence-electron chi connectivity index (χ4n) is 1.45. The van der Waals surface area contributed by atoms with Gasteiger partial charge >= 0.3 is 0 Å². The monoisotopic (exact) mass is 263 g/mol. The predicted molar refractivity (Wildman–Crippen MR) is 71.3 cm³/mol. The number of nitrogens with two attached hydrogens (primary N) is 1. The van der Waals surface area contributed by atoms with Crippen molar-refractivity contribution in [1.82, 2.24) is 4.98 Å². The lowest BCUT2D eigenvalue weighted by Gasteiger charge is -2.07. The quantitative estimate of drug-likeness (QED) is 0.877. The molecular formula is C12H13N3O2S. The first-order valence-electron chi connectivity index (χ1n) is 5.31. The molecule has 1 aromatic heterocycles.